The Morgan fingerprint density at radius 2 is 1.59 bits per heavy atom. The zero-order valence-electron chi connectivity index (χ0n) is 9.60. The molecule has 0 aliphatic rings. The van der Waals surface area contributed by atoms with Crippen molar-refractivity contribution in [1.29, 1.82) is 0 Å². The number of amides is 1. The molecule has 86 valence electrons. The van der Waals surface area contributed by atoms with E-state index in [9.17, 15) is 4.79 Å². The predicted molar refractivity (Wildman–Crippen MR) is 70.0 cm³/mol. The normalized spacial score (nSPS) is 9.88. The summed E-state index contributed by atoms with van der Waals surface area (Å²) in [4.78, 5) is 10.4. The molecule has 0 aromatic heterocycles. The fourth-order valence-corrected chi connectivity index (χ4v) is 1.82. The van der Waals surface area contributed by atoms with Crippen molar-refractivity contribution < 1.29 is 4.79 Å². The largest absolute Gasteiger partial charge is 0.329 e. The summed E-state index contributed by atoms with van der Waals surface area (Å²) in [7, 11) is 0. The van der Waals surface area contributed by atoms with Gasteiger partial charge < -0.3 is 5.32 Å². The standard InChI is InChI=1S/C15H15NO/c17-12-16-15-8-4-7-14(11-15)10-9-13-5-2-1-3-6-13/h1-8,11-12H,9-10H2,(H,16,17). The highest BCUT2D eigenvalue weighted by Crippen LogP contribution is 2.12. The highest BCUT2D eigenvalue weighted by molar-refractivity contribution is 5.71. The molecule has 0 unspecified atom stereocenters. The average Bonchev–Trinajstić information content (AvgIpc) is 2.39. The Morgan fingerprint density at radius 3 is 2.35 bits per heavy atom. The SMILES string of the molecule is O=CNc1cccc(CCc2ccccc2)c1. The second-order valence-corrected chi connectivity index (χ2v) is 3.95. The molecule has 2 aromatic rings. The lowest BCUT2D eigenvalue weighted by Gasteiger charge is -2.04. The molecule has 0 radical (unpaired) electrons. The molecule has 0 atom stereocenters. The summed E-state index contributed by atoms with van der Waals surface area (Å²) in [5, 5.41) is 2.67. The van der Waals surface area contributed by atoms with Crippen molar-refractivity contribution in [1.82, 2.24) is 0 Å². The highest BCUT2D eigenvalue weighted by Gasteiger charge is 1.97. The average molecular weight is 225 g/mol. The highest BCUT2D eigenvalue weighted by atomic mass is 16.1. The zero-order valence-corrected chi connectivity index (χ0v) is 9.60. The van der Waals surface area contributed by atoms with Crippen LogP contribution >= 0.6 is 0 Å². The molecule has 0 saturated carbocycles. The molecule has 2 nitrogen and oxygen atoms in total. The fourth-order valence-electron chi connectivity index (χ4n) is 1.82. The van der Waals surface area contributed by atoms with Gasteiger partial charge in [0.15, 0.2) is 0 Å². The predicted octanol–water partition coefficient (Wildman–Crippen LogP) is 3.04. The zero-order chi connectivity index (χ0) is 11.9. The second kappa shape index (κ2) is 5.85. The minimum atomic E-state index is 0.705. The fraction of sp³-hybridized carbons (Fsp3) is 0.133. The van der Waals surface area contributed by atoms with E-state index in [4.69, 9.17) is 0 Å². The third kappa shape index (κ3) is 3.45. The minimum Gasteiger partial charge on any atom is -0.329 e. The molecule has 0 spiro atoms. The van der Waals surface area contributed by atoms with Crippen LogP contribution in [0.2, 0.25) is 0 Å². The Bertz CT molecular complexity index is 479. The molecule has 0 aliphatic heterocycles. The number of nitrogens with one attached hydrogen (secondary N) is 1. The summed E-state index contributed by atoms with van der Waals surface area (Å²) in [6, 6.07) is 18.3. The number of rotatable bonds is 5. The van der Waals surface area contributed by atoms with Crippen molar-refractivity contribution in [2.24, 2.45) is 0 Å². The van der Waals surface area contributed by atoms with E-state index < -0.39 is 0 Å². The van der Waals surface area contributed by atoms with Gasteiger partial charge >= 0.3 is 0 Å². The number of hydrogen-bond donors (Lipinski definition) is 1. The van der Waals surface area contributed by atoms with Crippen molar-refractivity contribution in [3.63, 3.8) is 0 Å². The van der Waals surface area contributed by atoms with E-state index in [1.165, 1.54) is 11.1 Å². The summed E-state index contributed by atoms with van der Waals surface area (Å²) in [5.41, 5.74) is 3.42. The molecular weight excluding hydrogens is 210 g/mol. The Balaban J connectivity index is 1.99. The van der Waals surface area contributed by atoms with E-state index in [2.05, 4.69) is 35.6 Å². The van der Waals surface area contributed by atoms with E-state index in [1.807, 2.05) is 24.3 Å². The molecule has 17 heavy (non-hydrogen) atoms. The molecule has 2 heteroatoms. The van der Waals surface area contributed by atoms with Crippen LogP contribution in [0.25, 0.3) is 0 Å². The van der Waals surface area contributed by atoms with Gasteiger partial charge in [-0.25, -0.2) is 0 Å². The Hall–Kier alpha value is -2.09. The number of aryl methyl sites for hydroxylation is 2. The number of carbonyl (C=O) groups excluding carboxylic acids is 1. The lowest BCUT2D eigenvalue weighted by molar-refractivity contribution is -0.105. The minimum absolute atomic E-state index is 0.705. The van der Waals surface area contributed by atoms with Crippen LogP contribution in [0.1, 0.15) is 11.1 Å². The van der Waals surface area contributed by atoms with Crippen LogP contribution in [0.15, 0.2) is 54.6 Å². The van der Waals surface area contributed by atoms with Crippen molar-refractivity contribution in [3.05, 3.63) is 65.7 Å². The van der Waals surface area contributed by atoms with Gasteiger partial charge in [-0.05, 0) is 36.1 Å². The van der Waals surface area contributed by atoms with Crippen LogP contribution in [0.5, 0.6) is 0 Å². The van der Waals surface area contributed by atoms with Crippen LogP contribution in [0.4, 0.5) is 5.69 Å². The maximum atomic E-state index is 10.4. The van der Waals surface area contributed by atoms with Crippen molar-refractivity contribution in [3.8, 4) is 0 Å². The molecule has 0 heterocycles. The molecule has 1 N–H and O–H groups in total. The lowest BCUT2D eigenvalue weighted by Crippen LogP contribution is -1.96. The van der Waals surface area contributed by atoms with Crippen LogP contribution in [-0.2, 0) is 17.6 Å². The van der Waals surface area contributed by atoms with Gasteiger partial charge in [0.2, 0.25) is 6.41 Å². The number of benzene rings is 2. The van der Waals surface area contributed by atoms with Gasteiger partial charge in [-0.15, -0.1) is 0 Å². The van der Waals surface area contributed by atoms with E-state index in [1.54, 1.807) is 0 Å². The van der Waals surface area contributed by atoms with Crippen molar-refractivity contribution in [2.45, 2.75) is 12.8 Å². The summed E-state index contributed by atoms with van der Waals surface area (Å²) >= 11 is 0. The quantitative estimate of drug-likeness (QED) is 0.778. The van der Waals surface area contributed by atoms with E-state index >= 15 is 0 Å². The van der Waals surface area contributed by atoms with Gasteiger partial charge in [0.25, 0.3) is 0 Å². The first-order valence-electron chi connectivity index (χ1n) is 5.71. The van der Waals surface area contributed by atoms with Crippen molar-refractivity contribution in [2.75, 3.05) is 5.32 Å². The molecular formula is C15H15NO. The lowest BCUT2D eigenvalue weighted by atomic mass is 10.0. The van der Waals surface area contributed by atoms with Crippen molar-refractivity contribution >= 4 is 12.1 Å². The molecule has 0 aliphatic carbocycles. The topological polar surface area (TPSA) is 29.1 Å². The molecule has 0 fully saturated rings. The number of anilines is 1. The first kappa shape index (κ1) is 11.4. The third-order valence-electron chi connectivity index (χ3n) is 2.70. The van der Waals surface area contributed by atoms with E-state index in [0.29, 0.717) is 6.41 Å². The van der Waals surface area contributed by atoms with Crippen LogP contribution in [0.3, 0.4) is 0 Å². The number of carbonyl (C=O) groups is 1. The monoisotopic (exact) mass is 225 g/mol. The van der Waals surface area contributed by atoms with Gasteiger partial charge in [0, 0.05) is 5.69 Å². The maximum absolute atomic E-state index is 10.4. The maximum Gasteiger partial charge on any atom is 0.211 e. The number of hydrogen-bond acceptors (Lipinski definition) is 1. The summed E-state index contributed by atoms with van der Waals surface area (Å²) in [6.07, 6.45) is 2.71. The second-order valence-electron chi connectivity index (χ2n) is 3.95. The van der Waals surface area contributed by atoms with Gasteiger partial charge in [0.05, 0.1) is 0 Å². The Labute approximate surface area is 101 Å². The Morgan fingerprint density at radius 1 is 0.882 bits per heavy atom. The smallest absolute Gasteiger partial charge is 0.211 e. The first-order valence-corrected chi connectivity index (χ1v) is 5.71. The third-order valence-corrected chi connectivity index (χ3v) is 2.70. The van der Waals surface area contributed by atoms with Gasteiger partial charge in [-0.2, -0.15) is 0 Å². The summed E-state index contributed by atoms with van der Waals surface area (Å²) in [5.74, 6) is 0. The van der Waals surface area contributed by atoms with Gasteiger partial charge in [-0.3, -0.25) is 4.79 Å². The van der Waals surface area contributed by atoms with Gasteiger partial charge in [0.1, 0.15) is 0 Å². The molecule has 2 aromatic carbocycles. The van der Waals surface area contributed by atoms with Crippen LogP contribution in [-0.4, -0.2) is 6.41 Å². The molecule has 0 bridgehead atoms. The molecule has 0 saturated heterocycles. The summed E-state index contributed by atoms with van der Waals surface area (Å²) in [6.45, 7) is 0. The Kier molecular flexibility index (Phi) is 3.92. The van der Waals surface area contributed by atoms with Crippen LogP contribution in [0, 0.1) is 0 Å². The molecule has 2 rings (SSSR count). The molecule has 1 amide bonds. The van der Waals surface area contributed by atoms with Crippen LogP contribution < -0.4 is 5.32 Å². The summed E-state index contributed by atoms with van der Waals surface area (Å²) < 4.78 is 0. The first-order chi connectivity index (χ1) is 8.38. The van der Waals surface area contributed by atoms with Gasteiger partial charge in [-0.1, -0.05) is 42.5 Å². The van der Waals surface area contributed by atoms with E-state index in [-0.39, 0.29) is 0 Å². The van der Waals surface area contributed by atoms with E-state index in [0.717, 1.165) is 18.5 Å².